The number of aliphatic imine (C=N–C) groups is 1. The first-order valence-electron chi connectivity index (χ1n) is 14.1. The molecule has 8 nitrogen and oxygen atoms in total. The molecule has 1 N–H and O–H groups in total. The Morgan fingerprint density at radius 2 is 1.67 bits per heavy atom. The van der Waals surface area contributed by atoms with Crippen LogP contribution in [0, 0.1) is 0 Å². The molecule has 43 heavy (non-hydrogen) atoms. The topological polar surface area (TPSA) is 89.5 Å². The van der Waals surface area contributed by atoms with E-state index in [1.807, 2.05) is 110 Å². The highest BCUT2D eigenvalue weighted by Crippen LogP contribution is 2.46. The minimum Gasteiger partial charge on any atom is -0.493 e. The Kier molecular flexibility index (Phi) is 9.51. The van der Waals surface area contributed by atoms with E-state index in [0.29, 0.717) is 41.1 Å². The van der Waals surface area contributed by atoms with Gasteiger partial charge in [-0.1, -0.05) is 78.5 Å². The number of carbonyl (C=O) groups excluding carboxylic acids is 2. The zero-order chi connectivity index (χ0) is 30.3. The lowest BCUT2D eigenvalue weighted by atomic mass is 9.93. The Hall–Kier alpha value is -4.50. The van der Waals surface area contributed by atoms with Crippen LogP contribution in [0.2, 0.25) is 0 Å². The van der Waals surface area contributed by atoms with Crippen LogP contribution < -0.4 is 14.8 Å². The predicted octanol–water partition coefficient (Wildman–Crippen LogP) is 6.51. The van der Waals surface area contributed by atoms with Gasteiger partial charge >= 0.3 is 5.97 Å². The molecule has 1 atom stereocenters. The lowest BCUT2D eigenvalue weighted by molar-refractivity contribution is -0.143. The third kappa shape index (κ3) is 7.11. The molecule has 0 radical (unpaired) electrons. The standard InChI is InChI=1S/C34H35N3O5S/c1-22(2)42-33(39)31-23(3)36-34-37(27(21-43-34)18-30(38)35-19-24-11-7-5-8-12-24)32(31)26-15-16-28(29(17-26)40-4)41-20-25-13-9-6-10-14-25/h5-17,21-22,32H,18-20H2,1-4H3,(H,35,38). The highest BCUT2D eigenvalue weighted by atomic mass is 32.2. The normalized spacial score (nSPS) is 15.9. The first-order valence-corrected chi connectivity index (χ1v) is 15.0. The van der Waals surface area contributed by atoms with E-state index in [4.69, 9.17) is 19.2 Å². The van der Waals surface area contributed by atoms with E-state index >= 15 is 0 Å². The van der Waals surface area contributed by atoms with Crippen molar-refractivity contribution in [2.75, 3.05) is 7.11 Å². The van der Waals surface area contributed by atoms with Gasteiger partial charge in [-0.05, 0) is 55.0 Å². The van der Waals surface area contributed by atoms with Crippen molar-refractivity contribution in [3.05, 3.63) is 118 Å². The number of amidine groups is 1. The Labute approximate surface area is 256 Å². The molecule has 0 spiro atoms. The summed E-state index contributed by atoms with van der Waals surface area (Å²) in [6.07, 6.45) is -0.190. The van der Waals surface area contributed by atoms with Gasteiger partial charge in [0.15, 0.2) is 16.7 Å². The number of thioether (sulfide) groups is 1. The second kappa shape index (κ2) is 13.6. The van der Waals surface area contributed by atoms with Crippen molar-refractivity contribution < 1.29 is 23.8 Å². The maximum absolute atomic E-state index is 13.5. The van der Waals surface area contributed by atoms with E-state index in [2.05, 4.69) is 5.32 Å². The fraction of sp³-hybridized carbons (Fsp3) is 0.265. The number of hydrogen-bond acceptors (Lipinski definition) is 8. The summed E-state index contributed by atoms with van der Waals surface area (Å²) >= 11 is 1.43. The van der Waals surface area contributed by atoms with E-state index in [1.165, 1.54) is 11.8 Å². The molecule has 5 rings (SSSR count). The monoisotopic (exact) mass is 597 g/mol. The van der Waals surface area contributed by atoms with Crippen LogP contribution in [-0.2, 0) is 27.5 Å². The second-order valence-electron chi connectivity index (χ2n) is 10.5. The Morgan fingerprint density at radius 3 is 2.35 bits per heavy atom. The van der Waals surface area contributed by atoms with Crippen molar-refractivity contribution in [3.8, 4) is 11.5 Å². The number of benzene rings is 3. The molecular formula is C34H35N3O5S. The number of ether oxygens (including phenoxy) is 3. The van der Waals surface area contributed by atoms with E-state index in [1.54, 1.807) is 7.11 Å². The molecule has 1 amide bonds. The third-order valence-electron chi connectivity index (χ3n) is 6.98. The summed E-state index contributed by atoms with van der Waals surface area (Å²) in [7, 11) is 1.59. The molecule has 0 aliphatic carbocycles. The number of rotatable bonds is 11. The number of carbonyl (C=O) groups is 2. The van der Waals surface area contributed by atoms with Crippen LogP contribution in [0.3, 0.4) is 0 Å². The number of allylic oxidation sites excluding steroid dienone is 1. The summed E-state index contributed by atoms with van der Waals surface area (Å²) in [5.41, 5.74) is 4.56. The van der Waals surface area contributed by atoms with Gasteiger partial charge in [0.2, 0.25) is 5.91 Å². The van der Waals surface area contributed by atoms with Gasteiger partial charge in [-0.2, -0.15) is 0 Å². The summed E-state index contributed by atoms with van der Waals surface area (Å²) in [5, 5.41) is 5.62. The first kappa shape index (κ1) is 30.0. The molecule has 222 valence electrons. The molecule has 2 aliphatic heterocycles. The summed E-state index contributed by atoms with van der Waals surface area (Å²) < 4.78 is 17.5. The molecule has 9 heteroatoms. The van der Waals surface area contributed by atoms with Crippen LogP contribution in [-0.4, -0.2) is 35.2 Å². The van der Waals surface area contributed by atoms with Gasteiger partial charge in [-0.3, -0.25) is 4.79 Å². The van der Waals surface area contributed by atoms with Crippen LogP contribution >= 0.6 is 11.8 Å². The Bertz CT molecular complexity index is 1570. The van der Waals surface area contributed by atoms with E-state index < -0.39 is 12.0 Å². The van der Waals surface area contributed by atoms with Crippen molar-refractivity contribution in [2.45, 2.75) is 52.5 Å². The minimum atomic E-state index is -0.584. The summed E-state index contributed by atoms with van der Waals surface area (Å²) in [4.78, 5) is 33.3. The van der Waals surface area contributed by atoms with Crippen LogP contribution in [0.4, 0.5) is 0 Å². The average molecular weight is 598 g/mol. The zero-order valence-electron chi connectivity index (χ0n) is 24.7. The van der Waals surface area contributed by atoms with Crippen LogP contribution in [0.15, 0.2) is 106 Å². The van der Waals surface area contributed by atoms with Gasteiger partial charge < -0.3 is 24.4 Å². The van der Waals surface area contributed by atoms with Gasteiger partial charge in [0.05, 0.1) is 36.9 Å². The maximum atomic E-state index is 13.5. The number of methoxy groups -OCH3 is 1. The van der Waals surface area contributed by atoms with Crippen LogP contribution in [0.25, 0.3) is 0 Å². The van der Waals surface area contributed by atoms with E-state index in [9.17, 15) is 9.59 Å². The fourth-order valence-corrected chi connectivity index (χ4v) is 5.92. The lowest BCUT2D eigenvalue weighted by Gasteiger charge is -2.36. The van der Waals surface area contributed by atoms with Crippen molar-refractivity contribution in [3.63, 3.8) is 0 Å². The smallest absolute Gasteiger partial charge is 0.338 e. The molecule has 1 unspecified atom stereocenters. The predicted molar refractivity (Wildman–Crippen MR) is 168 cm³/mol. The zero-order valence-corrected chi connectivity index (χ0v) is 25.5. The van der Waals surface area contributed by atoms with Gasteiger partial charge in [-0.15, -0.1) is 0 Å². The summed E-state index contributed by atoms with van der Waals surface area (Å²) in [6, 6.07) is 24.7. The Balaban J connectivity index is 1.44. The van der Waals surface area contributed by atoms with Crippen LogP contribution in [0.1, 0.15) is 49.9 Å². The number of esters is 1. The number of amides is 1. The molecule has 0 saturated heterocycles. The highest BCUT2D eigenvalue weighted by molar-refractivity contribution is 8.16. The van der Waals surface area contributed by atoms with Gasteiger partial charge in [-0.25, -0.2) is 9.79 Å². The van der Waals surface area contributed by atoms with Crippen molar-refractivity contribution >= 4 is 28.8 Å². The van der Waals surface area contributed by atoms with Gasteiger partial charge in [0.25, 0.3) is 0 Å². The molecule has 3 aromatic rings. The molecule has 0 aromatic heterocycles. The number of nitrogens with one attached hydrogen (secondary N) is 1. The number of hydrogen-bond donors (Lipinski definition) is 1. The van der Waals surface area contributed by atoms with Gasteiger partial charge in [0, 0.05) is 12.2 Å². The molecule has 2 heterocycles. The number of nitrogens with zero attached hydrogens (tertiary/aromatic N) is 2. The SMILES string of the molecule is COc1cc(C2C(C(=O)OC(C)C)=C(C)N=C3SC=C(CC(=O)NCc4ccccc4)N32)ccc1OCc1ccccc1. The van der Waals surface area contributed by atoms with Crippen molar-refractivity contribution in [1.29, 1.82) is 0 Å². The fourth-order valence-electron chi connectivity index (χ4n) is 4.96. The lowest BCUT2D eigenvalue weighted by Crippen LogP contribution is -2.38. The first-order chi connectivity index (χ1) is 20.8. The quantitative estimate of drug-likeness (QED) is 0.252. The summed E-state index contributed by atoms with van der Waals surface area (Å²) in [5.74, 6) is 0.535. The van der Waals surface area contributed by atoms with Gasteiger partial charge in [0.1, 0.15) is 6.61 Å². The molecule has 0 bridgehead atoms. The molecule has 0 fully saturated rings. The molecule has 3 aromatic carbocycles. The number of fused-ring (bicyclic) bond motifs is 1. The molecule has 2 aliphatic rings. The maximum Gasteiger partial charge on any atom is 0.338 e. The molecule has 0 saturated carbocycles. The van der Waals surface area contributed by atoms with Crippen molar-refractivity contribution in [2.24, 2.45) is 4.99 Å². The minimum absolute atomic E-state index is 0.121. The highest BCUT2D eigenvalue weighted by Gasteiger charge is 2.41. The second-order valence-corrected chi connectivity index (χ2v) is 11.3. The third-order valence-corrected chi connectivity index (χ3v) is 7.87. The summed E-state index contributed by atoms with van der Waals surface area (Å²) in [6.45, 7) is 6.26. The van der Waals surface area contributed by atoms with Crippen LogP contribution in [0.5, 0.6) is 11.5 Å². The Morgan fingerprint density at radius 1 is 0.977 bits per heavy atom. The van der Waals surface area contributed by atoms with E-state index in [-0.39, 0.29) is 18.4 Å². The van der Waals surface area contributed by atoms with E-state index in [0.717, 1.165) is 22.4 Å². The van der Waals surface area contributed by atoms with Crippen molar-refractivity contribution in [1.82, 2.24) is 10.2 Å². The largest absolute Gasteiger partial charge is 0.493 e. The molecular weight excluding hydrogens is 562 g/mol. The average Bonchev–Trinajstić information content (AvgIpc) is 3.40.